The van der Waals surface area contributed by atoms with Crippen LogP contribution in [0.25, 0.3) is 5.57 Å². The number of aryl methyl sites for hydroxylation is 1. The molecular formula is C10H12N2. The summed E-state index contributed by atoms with van der Waals surface area (Å²) in [4.78, 5) is 4.35. The minimum atomic E-state index is 0.954. The van der Waals surface area contributed by atoms with Gasteiger partial charge in [0.1, 0.15) is 0 Å². The number of hydrogen-bond donors (Lipinski definition) is 1. The van der Waals surface area contributed by atoms with Gasteiger partial charge in [0, 0.05) is 19.3 Å². The van der Waals surface area contributed by atoms with Crippen molar-refractivity contribution < 1.29 is 0 Å². The van der Waals surface area contributed by atoms with Crippen molar-refractivity contribution in [1.29, 1.82) is 0 Å². The summed E-state index contributed by atoms with van der Waals surface area (Å²) in [5, 5.41) is 3.25. The van der Waals surface area contributed by atoms with Crippen LogP contribution >= 0.6 is 0 Å². The van der Waals surface area contributed by atoms with Crippen LogP contribution in [0.5, 0.6) is 0 Å². The summed E-state index contributed by atoms with van der Waals surface area (Å²) in [6.07, 6.45) is 4.10. The first-order valence-electron chi connectivity index (χ1n) is 4.19. The lowest BCUT2D eigenvalue weighted by atomic mass is 10.1. The van der Waals surface area contributed by atoms with E-state index in [0.717, 1.165) is 18.8 Å². The minimum Gasteiger partial charge on any atom is -0.309 e. The Bertz CT molecular complexity index is 298. The van der Waals surface area contributed by atoms with Gasteiger partial charge in [-0.3, -0.25) is 4.98 Å². The Balaban J connectivity index is 2.28. The minimum absolute atomic E-state index is 0.954. The third kappa shape index (κ3) is 1.38. The molecule has 0 atom stereocenters. The van der Waals surface area contributed by atoms with Gasteiger partial charge < -0.3 is 5.32 Å². The van der Waals surface area contributed by atoms with Crippen LogP contribution in [-0.2, 0) is 0 Å². The van der Waals surface area contributed by atoms with E-state index in [9.17, 15) is 0 Å². The molecule has 0 radical (unpaired) electrons. The quantitative estimate of drug-likeness (QED) is 0.671. The van der Waals surface area contributed by atoms with E-state index < -0.39 is 0 Å². The van der Waals surface area contributed by atoms with Crippen LogP contribution in [0.3, 0.4) is 0 Å². The Morgan fingerprint density at radius 1 is 1.42 bits per heavy atom. The van der Waals surface area contributed by atoms with Gasteiger partial charge in [0.05, 0.1) is 5.69 Å². The predicted molar refractivity (Wildman–Crippen MR) is 49.8 cm³/mol. The standard InChI is InChI=1S/C10H12N2/c1-8-2-3-10(12-6-8)9-4-5-11-7-9/h2-4,6,11H,5,7H2,1H3. The first-order valence-corrected chi connectivity index (χ1v) is 4.19. The first-order chi connectivity index (χ1) is 5.86. The van der Waals surface area contributed by atoms with E-state index in [4.69, 9.17) is 0 Å². The van der Waals surface area contributed by atoms with Crippen LogP contribution in [0.2, 0.25) is 0 Å². The Labute approximate surface area is 72.3 Å². The highest BCUT2D eigenvalue weighted by Crippen LogP contribution is 2.13. The van der Waals surface area contributed by atoms with Gasteiger partial charge in [0.25, 0.3) is 0 Å². The third-order valence-corrected chi connectivity index (χ3v) is 2.05. The molecule has 0 saturated heterocycles. The molecule has 2 heterocycles. The molecule has 1 aromatic heterocycles. The molecule has 1 aromatic rings. The van der Waals surface area contributed by atoms with Crippen LogP contribution < -0.4 is 5.32 Å². The van der Waals surface area contributed by atoms with Gasteiger partial charge in [-0.05, 0) is 24.1 Å². The van der Waals surface area contributed by atoms with Crippen molar-refractivity contribution in [3.63, 3.8) is 0 Å². The summed E-state index contributed by atoms with van der Waals surface area (Å²) in [7, 11) is 0. The second kappa shape index (κ2) is 3.07. The lowest BCUT2D eigenvalue weighted by molar-refractivity contribution is 0.895. The number of nitrogens with zero attached hydrogens (tertiary/aromatic N) is 1. The van der Waals surface area contributed by atoms with Crippen molar-refractivity contribution in [2.24, 2.45) is 0 Å². The smallest absolute Gasteiger partial charge is 0.0672 e. The van der Waals surface area contributed by atoms with E-state index in [-0.39, 0.29) is 0 Å². The molecule has 0 aromatic carbocycles. The largest absolute Gasteiger partial charge is 0.309 e. The zero-order valence-electron chi connectivity index (χ0n) is 7.17. The highest BCUT2D eigenvalue weighted by Gasteiger charge is 2.06. The molecule has 0 aliphatic carbocycles. The van der Waals surface area contributed by atoms with E-state index in [1.807, 2.05) is 6.20 Å². The highest BCUT2D eigenvalue weighted by molar-refractivity contribution is 5.66. The maximum atomic E-state index is 4.35. The fourth-order valence-corrected chi connectivity index (χ4v) is 1.33. The molecule has 0 bridgehead atoms. The topological polar surface area (TPSA) is 24.9 Å². The summed E-state index contributed by atoms with van der Waals surface area (Å²) < 4.78 is 0. The first kappa shape index (κ1) is 7.50. The Morgan fingerprint density at radius 2 is 2.33 bits per heavy atom. The SMILES string of the molecule is Cc1ccc(C2=CCNC2)nc1. The second-order valence-electron chi connectivity index (χ2n) is 3.08. The van der Waals surface area contributed by atoms with Crippen molar-refractivity contribution >= 4 is 5.57 Å². The lowest BCUT2D eigenvalue weighted by Crippen LogP contribution is -2.07. The monoisotopic (exact) mass is 160 g/mol. The van der Waals surface area contributed by atoms with E-state index in [1.54, 1.807) is 0 Å². The number of pyridine rings is 1. The number of nitrogens with one attached hydrogen (secondary N) is 1. The summed E-state index contributed by atoms with van der Waals surface area (Å²) in [5.74, 6) is 0. The van der Waals surface area contributed by atoms with E-state index in [0.29, 0.717) is 0 Å². The average molecular weight is 160 g/mol. The number of hydrogen-bond acceptors (Lipinski definition) is 2. The van der Waals surface area contributed by atoms with Crippen molar-refractivity contribution in [3.8, 4) is 0 Å². The van der Waals surface area contributed by atoms with Gasteiger partial charge in [-0.2, -0.15) is 0 Å². The molecule has 62 valence electrons. The van der Waals surface area contributed by atoms with E-state index in [1.165, 1.54) is 11.1 Å². The maximum absolute atomic E-state index is 4.35. The molecule has 0 amide bonds. The number of aromatic nitrogens is 1. The van der Waals surface area contributed by atoms with Gasteiger partial charge in [-0.25, -0.2) is 0 Å². The zero-order chi connectivity index (χ0) is 8.39. The molecule has 1 aliphatic rings. The van der Waals surface area contributed by atoms with Gasteiger partial charge >= 0.3 is 0 Å². The fraction of sp³-hybridized carbons (Fsp3) is 0.300. The normalized spacial score (nSPS) is 16.2. The lowest BCUT2D eigenvalue weighted by Gasteiger charge is -2.00. The van der Waals surface area contributed by atoms with Crippen LogP contribution in [0.15, 0.2) is 24.4 Å². The molecule has 1 aliphatic heterocycles. The van der Waals surface area contributed by atoms with Gasteiger partial charge in [0.15, 0.2) is 0 Å². The maximum Gasteiger partial charge on any atom is 0.0672 e. The fourth-order valence-electron chi connectivity index (χ4n) is 1.33. The van der Waals surface area contributed by atoms with Crippen molar-refractivity contribution in [3.05, 3.63) is 35.7 Å². The molecule has 2 rings (SSSR count). The highest BCUT2D eigenvalue weighted by atomic mass is 14.9. The molecule has 0 saturated carbocycles. The molecule has 0 fully saturated rings. The third-order valence-electron chi connectivity index (χ3n) is 2.05. The van der Waals surface area contributed by atoms with Crippen LogP contribution in [0, 0.1) is 6.92 Å². The Morgan fingerprint density at radius 3 is 2.92 bits per heavy atom. The molecule has 1 N–H and O–H groups in total. The van der Waals surface area contributed by atoms with Crippen molar-refractivity contribution in [1.82, 2.24) is 10.3 Å². The zero-order valence-corrected chi connectivity index (χ0v) is 7.17. The van der Waals surface area contributed by atoms with E-state index in [2.05, 4.69) is 35.4 Å². The second-order valence-corrected chi connectivity index (χ2v) is 3.08. The summed E-state index contributed by atoms with van der Waals surface area (Å²) >= 11 is 0. The van der Waals surface area contributed by atoms with Crippen molar-refractivity contribution in [2.75, 3.05) is 13.1 Å². The molecular weight excluding hydrogens is 148 g/mol. The molecule has 2 nitrogen and oxygen atoms in total. The molecule has 12 heavy (non-hydrogen) atoms. The Hall–Kier alpha value is -1.15. The summed E-state index contributed by atoms with van der Waals surface area (Å²) in [6.45, 7) is 3.99. The molecule has 0 spiro atoms. The average Bonchev–Trinajstić information content (AvgIpc) is 2.58. The molecule has 2 heteroatoms. The molecule has 0 unspecified atom stereocenters. The van der Waals surface area contributed by atoms with Crippen molar-refractivity contribution in [2.45, 2.75) is 6.92 Å². The van der Waals surface area contributed by atoms with Gasteiger partial charge in [-0.15, -0.1) is 0 Å². The summed E-state index contributed by atoms with van der Waals surface area (Å²) in [6, 6.07) is 4.18. The van der Waals surface area contributed by atoms with Gasteiger partial charge in [0.2, 0.25) is 0 Å². The van der Waals surface area contributed by atoms with Gasteiger partial charge in [-0.1, -0.05) is 12.1 Å². The predicted octanol–water partition coefficient (Wildman–Crippen LogP) is 1.38. The summed E-state index contributed by atoms with van der Waals surface area (Å²) in [5.41, 5.74) is 3.63. The van der Waals surface area contributed by atoms with Crippen LogP contribution in [-0.4, -0.2) is 18.1 Å². The Kier molecular flexibility index (Phi) is 1.92. The van der Waals surface area contributed by atoms with E-state index >= 15 is 0 Å². The number of rotatable bonds is 1. The van der Waals surface area contributed by atoms with Crippen LogP contribution in [0.4, 0.5) is 0 Å². The van der Waals surface area contributed by atoms with Crippen LogP contribution in [0.1, 0.15) is 11.3 Å².